The van der Waals surface area contributed by atoms with Crippen LogP contribution in [0.5, 0.6) is 0 Å². The summed E-state index contributed by atoms with van der Waals surface area (Å²) in [6.07, 6.45) is 0. The van der Waals surface area contributed by atoms with Crippen LogP contribution in [0.4, 0.5) is 15.1 Å². The van der Waals surface area contributed by atoms with Crippen LogP contribution in [0, 0.1) is 6.92 Å². The van der Waals surface area contributed by atoms with Crippen molar-refractivity contribution in [2.24, 2.45) is 0 Å². The smallest absolute Gasteiger partial charge is 0.339 e. The highest BCUT2D eigenvalue weighted by Crippen LogP contribution is 2.16. The van der Waals surface area contributed by atoms with E-state index in [-0.39, 0.29) is 17.2 Å². The Bertz CT molecular complexity index is 949. The van der Waals surface area contributed by atoms with Gasteiger partial charge in [-0.25, -0.2) is 37.1 Å². The molecule has 0 spiro atoms. The monoisotopic (exact) mass is 382 g/mol. The highest BCUT2D eigenvalue weighted by atomic mass is 32.2. The van der Waals surface area contributed by atoms with Crippen molar-refractivity contribution in [3.63, 3.8) is 0 Å². The van der Waals surface area contributed by atoms with Crippen LogP contribution in [0.2, 0.25) is 0 Å². The number of sulfonamides is 1. The first-order valence-corrected chi connectivity index (χ1v) is 8.67. The number of urea groups is 1. The predicted molar refractivity (Wildman–Crippen MR) is 88.7 cm³/mol. The van der Waals surface area contributed by atoms with Gasteiger partial charge in [0, 0.05) is 5.69 Å². The minimum atomic E-state index is -4.38. The van der Waals surface area contributed by atoms with Gasteiger partial charge in [-0.15, -0.1) is 0 Å². The summed E-state index contributed by atoms with van der Waals surface area (Å²) in [6, 6.07) is 5.44. The molecule has 2 aromatic rings. The van der Waals surface area contributed by atoms with Crippen LogP contribution in [0.1, 0.15) is 21.7 Å². The quantitative estimate of drug-likeness (QED) is 0.751. The zero-order valence-corrected chi connectivity index (χ0v) is 14.6. The summed E-state index contributed by atoms with van der Waals surface area (Å²) in [4.78, 5) is 30.8. The Hall–Kier alpha value is -3.08. The number of ether oxygens (including phenoxy) is 1. The van der Waals surface area contributed by atoms with Gasteiger partial charge in [-0.1, -0.05) is 12.1 Å². The molecular weight excluding hydrogens is 367 g/mol. The number of hydrogen-bond acceptors (Lipinski definition) is 7. The van der Waals surface area contributed by atoms with E-state index < -0.39 is 33.6 Å². The number of esters is 1. The zero-order valence-electron chi connectivity index (χ0n) is 13.8. The number of carbonyl (C=O) groups excluding carboxylic acids is 2. The fraction of sp³-hybridized carbons (Fsp3) is 0.200. The van der Waals surface area contributed by atoms with Crippen molar-refractivity contribution in [1.82, 2.24) is 14.7 Å². The number of alkyl halides is 1. The van der Waals surface area contributed by atoms with Gasteiger partial charge in [0.25, 0.3) is 10.0 Å². The molecule has 1 heterocycles. The van der Waals surface area contributed by atoms with Gasteiger partial charge in [-0.3, -0.25) is 5.32 Å². The lowest BCUT2D eigenvalue weighted by molar-refractivity contribution is 0.0596. The SMILES string of the molecule is COC(=O)c1ccccc1S(=O)(=O)NC(=O)Nc1nc(C)cc(CF)n1. The summed E-state index contributed by atoms with van der Waals surface area (Å²) in [5, 5.41) is 2.11. The Morgan fingerprint density at radius 2 is 1.92 bits per heavy atom. The van der Waals surface area contributed by atoms with Crippen molar-refractivity contribution < 1.29 is 27.1 Å². The van der Waals surface area contributed by atoms with Crippen molar-refractivity contribution in [3.05, 3.63) is 47.3 Å². The van der Waals surface area contributed by atoms with Gasteiger partial charge >= 0.3 is 12.0 Å². The van der Waals surface area contributed by atoms with Crippen LogP contribution >= 0.6 is 0 Å². The first kappa shape index (κ1) is 19.2. The van der Waals surface area contributed by atoms with E-state index in [1.165, 1.54) is 24.3 Å². The first-order valence-electron chi connectivity index (χ1n) is 7.18. The molecule has 138 valence electrons. The van der Waals surface area contributed by atoms with Gasteiger partial charge in [-0.05, 0) is 25.1 Å². The topological polar surface area (TPSA) is 127 Å². The number of halogens is 1. The molecule has 2 N–H and O–H groups in total. The van der Waals surface area contributed by atoms with Gasteiger partial charge in [0.2, 0.25) is 5.95 Å². The maximum atomic E-state index is 12.7. The lowest BCUT2D eigenvalue weighted by Gasteiger charge is -2.11. The van der Waals surface area contributed by atoms with Crippen LogP contribution in [0.25, 0.3) is 0 Å². The Morgan fingerprint density at radius 1 is 1.23 bits per heavy atom. The van der Waals surface area contributed by atoms with Crippen molar-refractivity contribution >= 4 is 28.0 Å². The highest BCUT2D eigenvalue weighted by Gasteiger charge is 2.25. The standard InChI is InChI=1S/C15H15FN4O5S/c1-9-7-10(8-16)18-14(17-9)19-15(22)20-26(23,24)12-6-4-3-5-11(12)13(21)25-2/h3-7H,8H2,1-2H3,(H2,17,18,19,20,22). The van der Waals surface area contributed by atoms with Gasteiger partial charge in [0.1, 0.15) is 11.6 Å². The summed E-state index contributed by atoms with van der Waals surface area (Å²) in [6.45, 7) is 0.692. The molecule has 0 radical (unpaired) electrons. The third-order valence-corrected chi connectivity index (χ3v) is 4.47. The van der Waals surface area contributed by atoms with Crippen molar-refractivity contribution in [2.75, 3.05) is 12.4 Å². The van der Waals surface area contributed by atoms with Crippen LogP contribution in [0.15, 0.2) is 35.2 Å². The minimum absolute atomic E-state index is 0.0340. The molecule has 0 aliphatic heterocycles. The fourth-order valence-electron chi connectivity index (χ4n) is 2.04. The highest BCUT2D eigenvalue weighted by molar-refractivity contribution is 7.90. The second kappa shape index (κ2) is 7.87. The van der Waals surface area contributed by atoms with Crippen LogP contribution < -0.4 is 10.0 Å². The van der Waals surface area contributed by atoms with E-state index in [0.29, 0.717) is 5.69 Å². The molecule has 26 heavy (non-hydrogen) atoms. The number of nitrogens with one attached hydrogen (secondary N) is 2. The van der Waals surface area contributed by atoms with Gasteiger partial charge in [0.05, 0.1) is 18.4 Å². The largest absolute Gasteiger partial charge is 0.465 e. The summed E-state index contributed by atoms with van der Waals surface area (Å²) in [5.74, 6) is -1.13. The second-order valence-corrected chi connectivity index (χ2v) is 6.66. The molecule has 0 atom stereocenters. The molecule has 2 amide bonds. The molecule has 0 fully saturated rings. The number of nitrogens with zero attached hydrogens (tertiary/aromatic N) is 2. The molecule has 0 unspecified atom stereocenters. The van der Waals surface area contributed by atoms with Crippen LogP contribution in [-0.4, -0.2) is 37.5 Å². The van der Waals surface area contributed by atoms with Crippen molar-refractivity contribution in [1.29, 1.82) is 0 Å². The maximum absolute atomic E-state index is 12.7. The lowest BCUT2D eigenvalue weighted by atomic mass is 10.2. The van der Waals surface area contributed by atoms with E-state index in [1.54, 1.807) is 11.6 Å². The summed E-state index contributed by atoms with van der Waals surface area (Å²) < 4.78 is 43.7. The predicted octanol–water partition coefficient (Wildman–Crippen LogP) is 1.55. The number of aromatic nitrogens is 2. The number of methoxy groups -OCH3 is 1. The molecule has 1 aromatic heterocycles. The van der Waals surface area contributed by atoms with E-state index in [4.69, 9.17) is 0 Å². The molecule has 9 nitrogen and oxygen atoms in total. The number of aryl methyl sites for hydroxylation is 1. The Balaban J connectivity index is 2.24. The molecule has 1 aromatic carbocycles. The Morgan fingerprint density at radius 3 is 2.58 bits per heavy atom. The normalized spacial score (nSPS) is 10.9. The summed E-state index contributed by atoms with van der Waals surface area (Å²) >= 11 is 0. The third-order valence-electron chi connectivity index (χ3n) is 3.08. The second-order valence-electron chi connectivity index (χ2n) is 5.01. The van der Waals surface area contributed by atoms with Crippen LogP contribution in [-0.2, 0) is 21.4 Å². The summed E-state index contributed by atoms with van der Waals surface area (Å²) in [7, 11) is -3.28. The van der Waals surface area contributed by atoms with Gasteiger partial charge < -0.3 is 4.74 Å². The molecule has 2 rings (SSSR count). The average molecular weight is 382 g/mol. The number of hydrogen-bond donors (Lipinski definition) is 2. The van der Waals surface area contributed by atoms with Crippen LogP contribution in [0.3, 0.4) is 0 Å². The molecule has 0 aliphatic rings. The van der Waals surface area contributed by atoms with E-state index >= 15 is 0 Å². The van der Waals surface area contributed by atoms with Gasteiger partial charge in [0.15, 0.2) is 0 Å². The summed E-state index contributed by atoms with van der Waals surface area (Å²) in [5.41, 5.74) is 0.190. The Labute approximate surface area is 148 Å². The van der Waals surface area contributed by atoms with Crippen molar-refractivity contribution in [2.45, 2.75) is 18.5 Å². The molecule has 0 bridgehead atoms. The van der Waals surface area contributed by atoms with E-state index in [9.17, 15) is 22.4 Å². The fourth-order valence-corrected chi connectivity index (χ4v) is 3.15. The molecular formula is C15H15FN4O5S. The van der Waals surface area contributed by atoms with Gasteiger partial charge in [-0.2, -0.15) is 0 Å². The van der Waals surface area contributed by atoms with E-state index in [1.807, 2.05) is 0 Å². The number of amides is 2. The molecule has 0 aliphatic carbocycles. The number of rotatable bonds is 5. The lowest BCUT2D eigenvalue weighted by Crippen LogP contribution is -2.35. The maximum Gasteiger partial charge on any atom is 0.339 e. The first-order chi connectivity index (χ1) is 12.3. The number of carbonyl (C=O) groups is 2. The van der Waals surface area contributed by atoms with E-state index in [0.717, 1.165) is 13.2 Å². The zero-order chi connectivity index (χ0) is 19.3. The van der Waals surface area contributed by atoms with E-state index in [2.05, 4.69) is 20.0 Å². The molecule has 0 saturated heterocycles. The number of anilines is 1. The van der Waals surface area contributed by atoms with Crippen molar-refractivity contribution in [3.8, 4) is 0 Å². The Kier molecular flexibility index (Phi) is 5.82. The molecule has 0 saturated carbocycles. The molecule has 11 heteroatoms. The average Bonchev–Trinajstić information content (AvgIpc) is 2.59. The minimum Gasteiger partial charge on any atom is -0.465 e. The number of benzene rings is 1. The third kappa shape index (κ3) is 4.51.